The summed E-state index contributed by atoms with van der Waals surface area (Å²) in [6.07, 6.45) is 15.3. The fraction of sp³-hybridized carbons (Fsp3) is 0.697. The van der Waals surface area contributed by atoms with Gasteiger partial charge in [0.15, 0.2) is 17.6 Å². The first-order chi connectivity index (χ1) is 41.3. The van der Waals surface area contributed by atoms with Gasteiger partial charge in [-0.2, -0.15) is 0 Å². The van der Waals surface area contributed by atoms with Gasteiger partial charge >= 0.3 is 18.0 Å². The molecule has 6 aliphatic rings. The van der Waals surface area contributed by atoms with Crippen molar-refractivity contribution in [3.63, 3.8) is 0 Å². The van der Waals surface area contributed by atoms with Crippen LogP contribution >= 0.6 is 23.1 Å². The lowest BCUT2D eigenvalue weighted by atomic mass is 9.44. The predicted octanol–water partition coefficient (Wildman–Crippen LogP) is 10.5. The molecule has 4 saturated carbocycles. The van der Waals surface area contributed by atoms with E-state index in [1.165, 1.54) is 97.1 Å². The number of thiazole rings is 1. The molecular weight excluding hydrogens is 1150 g/mol. The number of hydrogen-bond donors (Lipinski definition) is 4. The zero-order valence-corrected chi connectivity index (χ0v) is 54.4. The summed E-state index contributed by atoms with van der Waals surface area (Å²) in [5.41, 5.74) is 1.92. The highest BCUT2D eigenvalue weighted by Gasteiger charge is 2.60. The summed E-state index contributed by atoms with van der Waals surface area (Å²) >= 11 is 2.62. The molecule has 21 heteroatoms. The van der Waals surface area contributed by atoms with Gasteiger partial charge < -0.3 is 44.9 Å². The third kappa shape index (κ3) is 15.9. The van der Waals surface area contributed by atoms with E-state index >= 15 is 0 Å². The molecule has 1 aromatic heterocycles. The molecule has 2 aromatic rings. The number of aliphatic carboxylic acids is 2. The number of fused-ring (bicyclic) bond motifs is 6. The van der Waals surface area contributed by atoms with Crippen molar-refractivity contribution in [2.75, 3.05) is 65.4 Å². The highest BCUT2D eigenvalue weighted by atomic mass is 32.2. The second kappa shape index (κ2) is 29.4. The molecule has 8 rings (SSSR count). The van der Waals surface area contributed by atoms with Crippen LogP contribution in [0.1, 0.15) is 170 Å². The van der Waals surface area contributed by atoms with Gasteiger partial charge in [-0.15, -0.1) is 23.1 Å². The average Bonchev–Trinajstić information content (AvgIpc) is 1.90. The fourth-order valence-corrected chi connectivity index (χ4v) is 17.9. The van der Waals surface area contributed by atoms with Gasteiger partial charge in [-0.3, -0.25) is 29.0 Å². The molecular formula is C66H94N6O13S2. The first-order valence-corrected chi connectivity index (χ1v) is 33.6. The first-order valence-electron chi connectivity index (χ1n) is 31.8. The number of ketones is 2. The Morgan fingerprint density at radius 2 is 1.54 bits per heavy atom. The molecule has 5 aliphatic carbocycles. The maximum absolute atomic E-state index is 13.9. The normalized spacial score (nSPS) is 26.1. The number of hydrogen-bond acceptors (Lipinski definition) is 15. The molecule has 0 bridgehead atoms. The minimum atomic E-state index is -1.06. The van der Waals surface area contributed by atoms with E-state index in [0.29, 0.717) is 96.8 Å². The zero-order valence-electron chi connectivity index (χ0n) is 52.7. The number of thioether (sulfide) groups is 1. The topological polar surface area (TPSA) is 260 Å². The largest absolute Gasteiger partial charge is 0.480 e. The van der Waals surface area contributed by atoms with Gasteiger partial charge in [0.25, 0.3) is 0 Å². The number of carboxylic acids is 2. The Labute approximate surface area is 521 Å². The number of amides is 4. The van der Waals surface area contributed by atoms with Crippen LogP contribution in [-0.2, 0) is 43.0 Å². The fourth-order valence-electron chi connectivity index (χ4n) is 15.8. The van der Waals surface area contributed by atoms with Crippen molar-refractivity contribution >= 4 is 85.7 Å². The number of carbonyl (C=O) groups is 8. The standard InChI is InChI=1S/C66H94N6O13S2/c1-39(46-20-21-47-45-19-17-43-14-10-12-26-65(43,7)48(45)24-27-66(46,47)8)16-23-54(74)68-50(61(78)79)15-11-13-28-67-53(73)25-32-83-34-35-84-33-31-72(30-29-71(9)55(75)37-64(5,6)56-42(4)57(76)40(2)41(3)58(56)77)63(82)85-44-18-22-49-52(36-44)87-60(69-49)59-70-51(38-86-59)62(80)81/h18,22,36,39,43,45-48,50-51H,10-17,19-21,23-35,37-38H2,1-9H3,(H,67,73)(H,68,74)(H,78,79)(H,80,81)/t39-,43+,45+,46-,47?,48?,50?,51?,65+,66-/m1/s1. The summed E-state index contributed by atoms with van der Waals surface area (Å²) in [6, 6.07) is 3.16. The number of Topliss-reactive ketones (excluding diaryl/α,β-unsaturated/α-hetero) is 2. The number of likely N-dealkylation sites (N-methyl/N-ethyl adjacent to an activating group) is 1. The lowest BCUT2D eigenvalue weighted by Gasteiger charge is -2.61. The number of allylic oxidation sites excluding steroid dienone is 4. The van der Waals surface area contributed by atoms with Gasteiger partial charge in [0.2, 0.25) is 17.7 Å². The maximum Gasteiger partial charge on any atom is 0.415 e. The van der Waals surface area contributed by atoms with E-state index in [1.807, 2.05) is 0 Å². The van der Waals surface area contributed by atoms with Crippen LogP contribution < -0.4 is 15.4 Å². The van der Waals surface area contributed by atoms with Crippen LogP contribution in [0.25, 0.3) is 10.2 Å². The van der Waals surface area contributed by atoms with Crippen LogP contribution in [0.15, 0.2) is 45.5 Å². The second-order valence-corrected chi connectivity index (χ2v) is 28.9. The summed E-state index contributed by atoms with van der Waals surface area (Å²) in [4.78, 5) is 115. The molecule has 0 saturated heterocycles. The van der Waals surface area contributed by atoms with E-state index in [-0.39, 0.29) is 100 Å². The van der Waals surface area contributed by atoms with Crippen LogP contribution in [-0.4, -0.2) is 155 Å². The predicted molar refractivity (Wildman–Crippen MR) is 336 cm³/mol. The van der Waals surface area contributed by atoms with Gasteiger partial charge in [-0.25, -0.2) is 19.4 Å². The number of nitrogens with one attached hydrogen (secondary N) is 2. The smallest absolute Gasteiger partial charge is 0.415 e. The van der Waals surface area contributed by atoms with E-state index in [0.717, 1.165) is 30.1 Å². The number of ether oxygens (including phenoxy) is 3. The Morgan fingerprint density at radius 3 is 2.28 bits per heavy atom. The molecule has 0 spiro atoms. The van der Waals surface area contributed by atoms with Crippen molar-refractivity contribution in [3.05, 3.63) is 45.5 Å². The molecule has 1 aliphatic heterocycles. The summed E-state index contributed by atoms with van der Waals surface area (Å²) < 4.78 is 18.1. The Bertz CT molecular complexity index is 3010. The Kier molecular flexibility index (Phi) is 22.8. The molecule has 478 valence electrons. The highest BCUT2D eigenvalue weighted by Crippen LogP contribution is 2.68. The van der Waals surface area contributed by atoms with Crippen molar-refractivity contribution in [1.29, 1.82) is 0 Å². The molecule has 87 heavy (non-hydrogen) atoms. The Hall–Kier alpha value is -5.51. The molecule has 1 aromatic carbocycles. The number of unbranched alkanes of at least 4 members (excludes halogenated alkanes) is 1. The lowest BCUT2D eigenvalue weighted by Crippen LogP contribution is -2.53. The van der Waals surface area contributed by atoms with Crippen molar-refractivity contribution < 1.29 is 62.8 Å². The number of nitrogens with zero attached hydrogens (tertiary/aromatic N) is 4. The van der Waals surface area contributed by atoms with Crippen molar-refractivity contribution in [3.8, 4) is 5.75 Å². The van der Waals surface area contributed by atoms with Crippen molar-refractivity contribution in [2.24, 2.45) is 56.7 Å². The molecule has 4 N–H and O–H groups in total. The van der Waals surface area contributed by atoms with Crippen molar-refractivity contribution in [2.45, 2.75) is 177 Å². The maximum atomic E-state index is 13.9. The second-order valence-electron chi connectivity index (χ2n) is 26.8. The zero-order chi connectivity index (χ0) is 63.0. The molecule has 4 amide bonds. The first kappa shape index (κ1) is 67.4. The summed E-state index contributed by atoms with van der Waals surface area (Å²) in [5, 5.41) is 26.2. The quantitative estimate of drug-likeness (QED) is 0.0436. The van der Waals surface area contributed by atoms with Crippen LogP contribution in [0, 0.1) is 51.8 Å². The minimum Gasteiger partial charge on any atom is -0.480 e. The third-order valence-corrected chi connectivity index (χ3v) is 23.1. The van der Waals surface area contributed by atoms with Gasteiger partial charge in [0.1, 0.15) is 21.8 Å². The van der Waals surface area contributed by atoms with E-state index in [9.17, 15) is 48.6 Å². The van der Waals surface area contributed by atoms with Gasteiger partial charge in [-0.05, 0) is 156 Å². The molecule has 4 fully saturated rings. The average molecular weight is 1240 g/mol. The number of benzene rings is 1. The van der Waals surface area contributed by atoms with E-state index < -0.39 is 35.5 Å². The number of carboxylic acid groups (broad SMARTS) is 2. The van der Waals surface area contributed by atoms with Gasteiger partial charge in [0, 0.05) is 92.0 Å². The third-order valence-electron chi connectivity index (χ3n) is 20.9. The van der Waals surface area contributed by atoms with E-state index in [4.69, 9.17) is 14.2 Å². The monoisotopic (exact) mass is 1240 g/mol. The highest BCUT2D eigenvalue weighted by molar-refractivity contribution is 8.15. The van der Waals surface area contributed by atoms with Crippen LogP contribution in [0.4, 0.5) is 4.79 Å². The molecule has 4 unspecified atom stereocenters. The minimum absolute atomic E-state index is 0.0577. The molecule has 10 atom stereocenters. The van der Waals surface area contributed by atoms with Gasteiger partial charge in [0.05, 0.1) is 36.6 Å². The number of rotatable bonds is 29. The van der Waals surface area contributed by atoms with Crippen LogP contribution in [0.5, 0.6) is 5.75 Å². The van der Waals surface area contributed by atoms with E-state index in [1.54, 1.807) is 59.9 Å². The van der Waals surface area contributed by atoms with Crippen LogP contribution in [0.2, 0.25) is 0 Å². The Balaban J connectivity index is 0.728. The number of aromatic nitrogens is 1. The molecule has 0 radical (unpaired) electrons. The lowest BCUT2D eigenvalue weighted by molar-refractivity contribution is -0.142. The molecule has 19 nitrogen and oxygen atoms in total. The molecule has 2 heterocycles. The SMILES string of the molecule is CC1=C(C)C(=O)C(C(C)(C)CC(=O)N(C)CCN(CCOCCOCCC(=O)NCCCCC(NC(=O)CC[C@@H](C)[C@H]2CCC3[C@@H]4CC[C@@H]5CCCC[C@]5(C)C4CC[C@@]32C)C(=O)O)C(=O)Oc2ccc3nc(C4=NC(C(=O)O)CS4)sc3c2)=C(C)C1=O. The summed E-state index contributed by atoms with van der Waals surface area (Å²) in [7, 11) is 1.61. The van der Waals surface area contributed by atoms with E-state index in [2.05, 4.69) is 41.4 Å². The Morgan fingerprint density at radius 1 is 0.805 bits per heavy atom. The number of aliphatic imine (C=N–C) groups is 1. The summed E-state index contributed by atoms with van der Waals surface area (Å²) in [6.45, 7) is 17.1. The summed E-state index contributed by atoms with van der Waals surface area (Å²) in [5.74, 6) is 1.69. The number of carbonyl (C=O) groups excluding carboxylic acids is 6. The van der Waals surface area contributed by atoms with Gasteiger partial charge in [-0.1, -0.05) is 47.5 Å². The van der Waals surface area contributed by atoms with Crippen molar-refractivity contribution in [1.82, 2.24) is 25.4 Å². The van der Waals surface area contributed by atoms with Crippen LogP contribution in [0.3, 0.4) is 0 Å².